The van der Waals surface area contributed by atoms with Gasteiger partial charge >= 0.3 is 0 Å². The number of carbonyl (C=O) groups excluding carboxylic acids is 1. The predicted octanol–water partition coefficient (Wildman–Crippen LogP) is 3.65. The molecule has 1 N–H and O–H groups in total. The first kappa shape index (κ1) is 16.6. The van der Waals surface area contributed by atoms with Crippen LogP contribution in [-0.2, 0) is 0 Å². The highest BCUT2D eigenvalue weighted by atomic mass is 16.2. The average Bonchev–Trinajstić information content (AvgIpc) is 3.12. The molecule has 1 fully saturated rings. The minimum atomic E-state index is 0.130. The van der Waals surface area contributed by atoms with E-state index in [9.17, 15) is 4.79 Å². The first-order chi connectivity index (χ1) is 12.6. The molecule has 1 aliphatic rings. The SMILES string of the molecule is CN(C)c1ccc(C(=O)N2CCC(c3c[nH]c4cccnc34)CC2)cc1. The van der Waals surface area contributed by atoms with Crippen molar-refractivity contribution in [3.05, 3.63) is 59.9 Å². The van der Waals surface area contributed by atoms with Crippen molar-refractivity contribution in [2.24, 2.45) is 0 Å². The Balaban J connectivity index is 1.44. The second-order valence-electron chi connectivity index (χ2n) is 7.15. The fourth-order valence-corrected chi connectivity index (χ4v) is 3.77. The number of pyridine rings is 1. The van der Waals surface area contributed by atoms with E-state index in [1.807, 2.05) is 60.4 Å². The monoisotopic (exact) mass is 348 g/mol. The molecule has 4 rings (SSSR count). The van der Waals surface area contributed by atoms with Crippen LogP contribution >= 0.6 is 0 Å². The van der Waals surface area contributed by atoms with E-state index < -0.39 is 0 Å². The third kappa shape index (κ3) is 3.05. The number of H-pyrrole nitrogens is 1. The molecule has 26 heavy (non-hydrogen) atoms. The number of rotatable bonds is 3. The Morgan fingerprint density at radius 2 is 1.88 bits per heavy atom. The van der Waals surface area contributed by atoms with Gasteiger partial charge in [-0.25, -0.2) is 0 Å². The molecule has 5 nitrogen and oxygen atoms in total. The molecule has 1 saturated heterocycles. The van der Waals surface area contributed by atoms with Crippen LogP contribution < -0.4 is 4.90 Å². The summed E-state index contributed by atoms with van der Waals surface area (Å²) in [6, 6.07) is 11.9. The Labute approximate surface area is 153 Å². The molecule has 0 spiro atoms. The fraction of sp³-hybridized carbons (Fsp3) is 0.333. The Morgan fingerprint density at radius 1 is 1.15 bits per heavy atom. The zero-order valence-electron chi connectivity index (χ0n) is 15.3. The van der Waals surface area contributed by atoms with Gasteiger partial charge in [0.1, 0.15) is 0 Å². The van der Waals surface area contributed by atoms with E-state index in [1.165, 1.54) is 5.56 Å². The molecule has 3 aromatic rings. The quantitative estimate of drug-likeness (QED) is 0.786. The molecule has 1 aromatic carbocycles. The standard InChI is InChI=1S/C21H24N4O/c1-24(2)17-7-5-16(6-8-17)21(26)25-12-9-15(10-13-25)18-14-23-19-4-3-11-22-20(18)19/h3-8,11,14-15,23H,9-10,12-13H2,1-2H3. The minimum absolute atomic E-state index is 0.130. The predicted molar refractivity (Wildman–Crippen MR) is 105 cm³/mol. The third-order valence-corrected chi connectivity index (χ3v) is 5.32. The summed E-state index contributed by atoms with van der Waals surface area (Å²) in [7, 11) is 4.00. The smallest absolute Gasteiger partial charge is 0.253 e. The maximum atomic E-state index is 12.8. The van der Waals surface area contributed by atoms with Crippen LogP contribution in [-0.4, -0.2) is 48.0 Å². The maximum absolute atomic E-state index is 12.8. The molecule has 134 valence electrons. The number of anilines is 1. The normalized spacial score (nSPS) is 15.4. The van der Waals surface area contributed by atoms with E-state index in [4.69, 9.17) is 0 Å². The van der Waals surface area contributed by atoms with Crippen molar-refractivity contribution >= 4 is 22.6 Å². The molecule has 2 aromatic heterocycles. The van der Waals surface area contributed by atoms with Crippen molar-refractivity contribution in [3.8, 4) is 0 Å². The number of likely N-dealkylation sites (tertiary alicyclic amines) is 1. The van der Waals surface area contributed by atoms with Crippen LogP contribution in [0, 0.1) is 0 Å². The van der Waals surface area contributed by atoms with Crippen molar-refractivity contribution in [1.82, 2.24) is 14.9 Å². The number of nitrogens with zero attached hydrogens (tertiary/aromatic N) is 3. The molecule has 0 aliphatic carbocycles. The van der Waals surface area contributed by atoms with Crippen LogP contribution in [0.3, 0.4) is 0 Å². The number of nitrogens with one attached hydrogen (secondary N) is 1. The second kappa shape index (κ2) is 6.83. The highest BCUT2D eigenvalue weighted by Crippen LogP contribution is 2.32. The van der Waals surface area contributed by atoms with Crippen LogP contribution in [0.1, 0.15) is 34.7 Å². The summed E-state index contributed by atoms with van der Waals surface area (Å²) in [6.45, 7) is 1.58. The first-order valence-electron chi connectivity index (χ1n) is 9.12. The molecular formula is C21H24N4O. The van der Waals surface area contributed by atoms with Crippen LogP contribution in [0.25, 0.3) is 11.0 Å². The number of aromatic amines is 1. The number of benzene rings is 1. The number of hydrogen-bond acceptors (Lipinski definition) is 3. The van der Waals surface area contributed by atoms with Crippen molar-refractivity contribution in [1.29, 1.82) is 0 Å². The summed E-state index contributed by atoms with van der Waals surface area (Å²) in [6.07, 6.45) is 5.88. The van der Waals surface area contributed by atoms with E-state index in [0.717, 1.165) is 48.2 Å². The Bertz CT molecular complexity index is 905. The maximum Gasteiger partial charge on any atom is 0.253 e. The molecular weight excluding hydrogens is 324 g/mol. The van der Waals surface area contributed by atoms with Gasteiger partial charge in [-0.15, -0.1) is 0 Å². The van der Waals surface area contributed by atoms with E-state index in [1.54, 1.807) is 0 Å². The van der Waals surface area contributed by atoms with Gasteiger partial charge in [0, 0.05) is 50.8 Å². The molecule has 1 amide bonds. The van der Waals surface area contributed by atoms with Gasteiger partial charge in [0.05, 0.1) is 11.0 Å². The summed E-state index contributed by atoms with van der Waals surface area (Å²) < 4.78 is 0. The third-order valence-electron chi connectivity index (χ3n) is 5.32. The lowest BCUT2D eigenvalue weighted by Gasteiger charge is -2.32. The molecule has 5 heteroatoms. The largest absolute Gasteiger partial charge is 0.378 e. The summed E-state index contributed by atoms with van der Waals surface area (Å²) >= 11 is 0. The average molecular weight is 348 g/mol. The molecule has 0 radical (unpaired) electrons. The Morgan fingerprint density at radius 3 is 2.58 bits per heavy atom. The number of amides is 1. The number of fused-ring (bicyclic) bond motifs is 1. The Kier molecular flexibility index (Phi) is 4.37. The lowest BCUT2D eigenvalue weighted by molar-refractivity contribution is 0.0713. The molecule has 3 heterocycles. The van der Waals surface area contributed by atoms with Gasteiger partial charge in [-0.1, -0.05) is 0 Å². The number of hydrogen-bond donors (Lipinski definition) is 1. The lowest BCUT2D eigenvalue weighted by atomic mass is 9.90. The highest BCUT2D eigenvalue weighted by molar-refractivity contribution is 5.94. The van der Waals surface area contributed by atoms with Crippen LogP contribution in [0.15, 0.2) is 48.8 Å². The van der Waals surface area contributed by atoms with Crippen LogP contribution in [0.4, 0.5) is 5.69 Å². The van der Waals surface area contributed by atoms with E-state index in [-0.39, 0.29) is 5.91 Å². The molecule has 0 bridgehead atoms. The van der Waals surface area contributed by atoms with Crippen LogP contribution in [0.5, 0.6) is 0 Å². The van der Waals surface area contributed by atoms with Crippen molar-refractivity contribution in [2.45, 2.75) is 18.8 Å². The van der Waals surface area contributed by atoms with E-state index in [2.05, 4.69) is 22.2 Å². The molecule has 1 aliphatic heterocycles. The minimum Gasteiger partial charge on any atom is -0.378 e. The number of piperidine rings is 1. The first-order valence-corrected chi connectivity index (χ1v) is 9.12. The highest BCUT2D eigenvalue weighted by Gasteiger charge is 2.26. The van der Waals surface area contributed by atoms with Gasteiger partial charge in [0.2, 0.25) is 0 Å². The van der Waals surface area contributed by atoms with Gasteiger partial charge in [-0.3, -0.25) is 9.78 Å². The van der Waals surface area contributed by atoms with Crippen molar-refractivity contribution in [2.75, 3.05) is 32.1 Å². The van der Waals surface area contributed by atoms with Gasteiger partial charge in [-0.05, 0) is 60.7 Å². The zero-order valence-corrected chi connectivity index (χ0v) is 15.3. The molecule has 0 unspecified atom stereocenters. The van der Waals surface area contributed by atoms with Gasteiger partial charge in [0.15, 0.2) is 0 Å². The summed E-state index contributed by atoms with van der Waals surface area (Å²) in [5.41, 5.74) is 5.30. The van der Waals surface area contributed by atoms with Crippen molar-refractivity contribution in [3.63, 3.8) is 0 Å². The Hall–Kier alpha value is -2.82. The lowest BCUT2D eigenvalue weighted by Crippen LogP contribution is -2.37. The van der Waals surface area contributed by atoms with Crippen LogP contribution in [0.2, 0.25) is 0 Å². The molecule has 0 saturated carbocycles. The topological polar surface area (TPSA) is 52.2 Å². The number of aromatic nitrogens is 2. The summed E-state index contributed by atoms with van der Waals surface area (Å²) in [5, 5.41) is 0. The van der Waals surface area contributed by atoms with E-state index >= 15 is 0 Å². The fourth-order valence-electron chi connectivity index (χ4n) is 3.77. The molecule has 0 atom stereocenters. The summed E-state index contributed by atoms with van der Waals surface area (Å²) in [5.74, 6) is 0.588. The van der Waals surface area contributed by atoms with E-state index in [0.29, 0.717) is 5.92 Å². The second-order valence-corrected chi connectivity index (χ2v) is 7.15. The zero-order chi connectivity index (χ0) is 18.1. The van der Waals surface area contributed by atoms with Gasteiger partial charge in [-0.2, -0.15) is 0 Å². The summed E-state index contributed by atoms with van der Waals surface area (Å²) in [4.78, 5) is 24.6. The van der Waals surface area contributed by atoms with Gasteiger partial charge < -0.3 is 14.8 Å². The van der Waals surface area contributed by atoms with Gasteiger partial charge in [0.25, 0.3) is 5.91 Å². The number of carbonyl (C=O) groups is 1. The van der Waals surface area contributed by atoms with Crippen molar-refractivity contribution < 1.29 is 4.79 Å².